The third-order valence-corrected chi connectivity index (χ3v) is 9.79. The van der Waals surface area contributed by atoms with E-state index in [1.54, 1.807) is 11.3 Å². The molecule has 1 N–H and O–H groups in total. The first-order chi connectivity index (χ1) is 20.2. The van der Waals surface area contributed by atoms with Gasteiger partial charge in [-0.1, -0.05) is 63.6 Å². The number of piperazine rings is 1. The minimum Gasteiger partial charge on any atom is -0.362 e. The Kier molecular flexibility index (Phi) is 9.42. The van der Waals surface area contributed by atoms with Crippen LogP contribution >= 0.6 is 11.3 Å². The van der Waals surface area contributed by atoms with Gasteiger partial charge in [0.1, 0.15) is 11.8 Å². The van der Waals surface area contributed by atoms with Crippen molar-refractivity contribution in [2.45, 2.75) is 65.9 Å². The number of amides is 1. The summed E-state index contributed by atoms with van der Waals surface area (Å²) in [7, 11) is 2.15. The number of nitrogens with one attached hydrogen (secondary N) is 1. The molecule has 4 atom stereocenters. The van der Waals surface area contributed by atoms with Crippen LogP contribution in [0.1, 0.15) is 63.1 Å². The molecule has 223 valence electrons. The van der Waals surface area contributed by atoms with Crippen LogP contribution in [0, 0.1) is 18.8 Å². The number of nitrogens with zero attached hydrogens (tertiary/aromatic N) is 5. The minimum absolute atomic E-state index is 0.0433. The fourth-order valence-corrected chi connectivity index (χ4v) is 7.16. The van der Waals surface area contributed by atoms with Gasteiger partial charge < -0.3 is 24.5 Å². The molecule has 10 heteroatoms. The first-order valence-corrected chi connectivity index (χ1v) is 16.1. The first kappa shape index (κ1) is 30.4. The van der Waals surface area contributed by atoms with Gasteiger partial charge in [-0.2, -0.15) is 0 Å². The normalized spacial score (nSPS) is 21.0. The Morgan fingerprint density at radius 2 is 1.88 bits per heavy atom. The zero-order valence-corrected chi connectivity index (χ0v) is 26.7. The predicted octanol–water partition coefficient (Wildman–Crippen LogP) is 5.74. The third kappa shape index (κ3) is 6.44. The van der Waals surface area contributed by atoms with E-state index in [2.05, 4.69) is 102 Å². The molecule has 4 heterocycles. The maximum Gasteiger partial charge on any atom is 0.243 e. The highest BCUT2D eigenvalue weighted by Gasteiger charge is 2.39. The Morgan fingerprint density at radius 1 is 1.17 bits per heavy atom. The van der Waals surface area contributed by atoms with Crippen LogP contribution in [0.25, 0.3) is 10.4 Å². The van der Waals surface area contributed by atoms with E-state index in [9.17, 15) is 4.79 Å². The molecule has 0 saturated carbocycles. The first-order valence-electron chi connectivity index (χ1n) is 15.2. The van der Waals surface area contributed by atoms with Crippen LogP contribution in [0.2, 0.25) is 6.82 Å². The number of thiazole rings is 1. The van der Waals surface area contributed by atoms with E-state index in [1.165, 1.54) is 4.88 Å². The zero-order chi connectivity index (χ0) is 30.0. The number of hydrogen-bond donors (Lipinski definition) is 1. The lowest BCUT2D eigenvalue weighted by Crippen LogP contribution is -2.47. The second-order valence-electron chi connectivity index (χ2n) is 12.2. The lowest BCUT2D eigenvalue weighted by molar-refractivity contribution is -0.125. The summed E-state index contributed by atoms with van der Waals surface area (Å²) in [5.41, 5.74) is 6.08. The monoisotopic (exact) mass is 587 g/mol. The van der Waals surface area contributed by atoms with Crippen molar-refractivity contribution in [1.82, 2.24) is 25.2 Å². The second kappa shape index (κ2) is 13.0. The molecule has 3 aromatic rings. The van der Waals surface area contributed by atoms with Gasteiger partial charge in [0.15, 0.2) is 5.82 Å². The van der Waals surface area contributed by atoms with Gasteiger partial charge in [-0.05, 0) is 43.2 Å². The molecule has 1 aromatic carbocycles. The maximum atomic E-state index is 13.7. The molecule has 2 aromatic heterocycles. The van der Waals surface area contributed by atoms with Crippen molar-refractivity contribution >= 4 is 30.5 Å². The number of carbonyl (C=O) groups excluding carboxylic acids is 1. The summed E-state index contributed by atoms with van der Waals surface area (Å²) >= 11 is 1.65. The van der Waals surface area contributed by atoms with Crippen molar-refractivity contribution < 1.29 is 9.32 Å². The van der Waals surface area contributed by atoms with E-state index in [4.69, 9.17) is 4.52 Å². The van der Waals surface area contributed by atoms with Gasteiger partial charge in [-0.25, -0.2) is 4.98 Å². The van der Waals surface area contributed by atoms with Crippen molar-refractivity contribution in [1.29, 1.82) is 0 Å². The lowest BCUT2D eigenvalue weighted by atomic mass is 9.89. The van der Waals surface area contributed by atoms with Crippen LogP contribution in [0.5, 0.6) is 0 Å². The molecule has 0 aliphatic carbocycles. The second-order valence-corrected chi connectivity index (χ2v) is 13.1. The predicted molar refractivity (Wildman–Crippen MR) is 172 cm³/mol. The van der Waals surface area contributed by atoms with E-state index in [-0.39, 0.29) is 29.8 Å². The van der Waals surface area contributed by atoms with Crippen molar-refractivity contribution in [3.8, 4) is 10.4 Å². The largest absolute Gasteiger partial charge is 0.362 e. The Balaban J connectivity index is 1.27. The molecule has 8 nitrogen and oxygen atoms in total. The number of anilines is 1. The van der Waals surface area contributed by atoms with E-state index in [0.717, 1.165) is 73.2 Å². The summed E-state index contributed by atoms with van der Waals surface area (Å²) in [5.74, 6) is 2.31. The topological polar surface area (TPSA) is 77.7 Å². The molecule has 1 amide bonds. The molecular formula is C32H44BN6O2S. The number of allylic oxidation sites excluding steroid dienone is 1. The summed E-state index contributed by atoms with van der Waals surface area (Å²) in [4.78, 5) is 26.1. The SMILES string of the molecule is C=C(C(c1cc(N2CCN([B]C)CC2)no1)C(C)C)N1CC(C)C[C@H]1C(=O)N[C@@H](C)c1ccc(-c2scnc2C)cc1. The fourth-order valence-electron chi connectivity index (χ4n) is 6.35. The summed E-state index contributed by atoms with van der Waals surface area (Å²) in [6.07, 6.45) is 0.798. The molecular weight excluding hydrogens is 543 g/mol. The number of benzene rings is 1. The molecule has 2 aliphatic heterocycles. The van der Waals surface area contributed by atoms with E-state index < -0.39 is 0 Å². The van der Waals surface area contributed by atoms with Crippen molar-refractivity contribution in [2.75, 3.05) is 37.6 Å². The number of likely N-dealkylation sites (tertiary alicyclic amines) is 1. The molecule has 2 fully saturated rings. The highest BCUT2D eigenvalue weighted by atomic mass is 32.1. The number of carbonyl (C=O) groups is 1. The third-order valence-electron chi connectivity index (χ3n) is 8.81. The molecule has 2 aliphatic rings. The highest BCUT2D eigenvalue weighted by molar-refractivity contribution is 7.13. The molecule has 5 rings (SSSR count). The van der Waals surface area contributed by atoms with Gasteiger partial charge in [0, 0.05) is 44.5 Å². The van der Waals surface area contributed by atoms with Crippen LogP contribution in [-0.4, -0.2) is 71.9 Å². The standard InChI is InChI=1S/C32H44BN6O2S/c1-20(2)30(28-17-29(36-41-28)37-12-14-38(33-7)15-13-37)24(6)39-18-21(3)16-27(39)32(40)35-22(4)25-8-10-26(11-9-25)31-23(5)34-19-42-31/h8-11,17,19-22,27,30H,6,12-16,18H2,1-5,7H3,(H,35,40)/t21?,22-,27-,30?/m0/s1. The van der Waals surface area contributed by atoms with Gasteiger partial charge in [0.2, 0.25) is 13.3 Å². The maximum absolute atomic E-state index is 13.7. The number of aromatic nitrogens is 2. The molecule has 42 heavy (non-hydrogen) atoms. The summed E-state index contributed by atoms with van der Waals surface area (Å²) in [6, 6.07) is 10.1. The van der Waals surface area contributed by atoms with Crippen molar-refractivity contribution in [3.63, 3.8) is 0 Å². The van der Waals surface area contributed by atoms with Gasteiger partial charge in [0.25, 0.3) is 0 Å². The van der Waals surface area contributed by atoms with Crippen LogP contribution in [-0.2, 0) is 4.79 Å². The van der Waals surface area contributed by atoms with Gasteiger partial charge in [-0.15, -0.1) is 11.3 Å². The van der Waals surface area contributed by atoms with Gasteiger partial charge in [-0.3, -0.25) is 4.79 Å². The number of rotatable bonds is 10. The molecule has 2 unspecified atom stereocenters. The average Bonchev–Trinajstić information content (AvgIpc) is 3.73. The summed E-state index contributed by atoms with van der Waals surface area (Å²) in [6.45, 7) is 21.9. The quantitative estimate of drug-likeness (QED) is 0.303. The van der Waals surface area contributed by atoms with E-state index in [1.807, 2.05) is 19.4 Å². The van der Waals surface area contributed by atoms with Crippen LogP contribution in [0.4, 0.5) is 5.82 Å². The van der Waals surface area contributed by atoms with Gasteiger partial charge >= 0.3 is 0 Å². The van der Waals surface area contributed by atoms with Gasteiger partial charge in [0.05, 0.1) is 28.0 Å². The molecule has 0 spiro atoms. The molecule has 1 radical (unpaired) electrons. The lowest BCUT2D eigenvalue weighted by Gasteiger charge is -2.34. The Morgan fingerprint density at radius 3 is 2.50 bits per heavy atom. The van der Waals surface area contributed by atoms with E-state index >= 15 is 0 Å². The molecule has 0 bridgehead atoms. The smallest absolute Gasteiger partial charge is 0.243 e. The zero-order valence-electron chi connectivity index (χ0n) is 25.8. The van der Waals surface area contributed by atoms with Crippen molar-refractivity contribution in [3.05, 3.63) is 65.1 Å². The minimum atomic E-state index is -0.268. The average molecular weight is 588 g/mol. The Labute approximate surface area is 255 Å². The molecule has 2 saturated heterocycles. The van der Waals surface area contributed by atoms with Crippen LogP contribution in [0.15, 0.2) is 52.6 Å². The van der Waals surface area contributed by atoms with Crippen LogP contribution < -0.4 is 10.2 Å². The Bertz CT molecular complexity index is 1360. The van der Waals surface area contributed by atoms with Crippen LogP contribution in [0.3, 0.4) is 0 Å². The fraction of sp³-hybridized carbons (Fsp3) is 0.531. The Hall–Kier alpha value is -3.11. The number of aryl methyl sites for hydroxylation is 1. The highest BCUT2D eigenvalue weighted by Crippen LogP contribution is 2.39. The number of hydrogen-bond acceptors (Lipinski definition) is 8. The summed E-state index contributed by atoms with van der Waals surface area (Å²) in [5, 5.41) is 7.74. The van der Waals surface area contributed by atoms with Crippen molar-refractivity contribution in [2.24, 2.45) is 11.8 Å². The van der Waals surface area contributed by atoms with E-state index in [0.29, 0.717) is 5.92 Å². The summed E-state index contributed by atoms with van der Waals surface area (Å²) < 4.78 is 5.96.